The van der Waals surface area contributed by atoms with E-state index < -0.39 is 0 Å². The van der Waals surface area contributed by atoms with Gasteiger partial charge in [-0.15, -0.1) is 0 Å². The molecule has 0 aliphatic carbocycles. The van der Waals surface area contributed by atoms with E-state index in [0.717, 1.165) is 48.8 Å². The Morgan fingerprint density at radius 2 is 2.16 bits per heavy atom. The number of aryl methyl sites for hydroxylation is 1. The molecule has 7 nitrogen and oxygen atoms in total. The van der Waals surface area contributed by atoms with Crippen molar-refractivity contribution in [3.8, 4) is 0 Å². The van der Waals surface area contributed by atoms with Crippen LogP contribution in [0.15, 0.2) is 36.8 Å². The monoisotopic (exact) mass is 422 g/mol. The molecule has 0 saturated carbocycles. The number of rotatable bonds is 9. The maximum atomic E-state index is 5.85. The summed E-state index contributed by atoms with van der Waals surface area (Å²) < 4.78 is 7.79. The molecule has 1 N–H and O–H groups in total. The van der Waals surface area contributed by atoms with Gasteiger partial charge >= 0.3 is 0 Å². The molecule has 3 aromatic heterocycles. The van der Waals surface area contributed by atoms with E-state index in [1.807, 2.05) is 23.0 Å². The lowest BCUT2D eigenvalue weighted by molar-refractivity contribution is 0.0717. The van der Waals surface area contributed by atoms with E-state index in [0.29, 0.717) is 12.6 Å². The second-order valence-electron chi connectivity index (χ2n) is 8.52. The molecule has 1 saturated heterocycles. The highest BCUT2D eigenvalue weighted by Crippen LogP contribution is 2.29. The molecule has 0 aromatic carbocycles. The first-order valence-corrected chi connectivity index (χ1v) is 11.5. The number of nitrogens with one attached hydrogen (secondary N) is 1. The van der Waals surface area contributed by atoms with Crippen molar-refractivity contribution in [2.45, 2.75) is 71.6 Å². The average molecular weight is 423 g/mol. The molecule has 31 heavy (non-hydrogen) atoms. The Kier molecular flexibility index (Phi) is 7.02. The van der Waals surface area contributed by atoms with E-state index in [1.54, 1.807) is 6.20 Å². The first-order valence-electron chi connectivity index (χ1n) is 11.5. The molecule has 0 spiro atoms. The third kappa shape index (κ3) is 5.15. The number of piperidine rings is 1. The Labute approximate surface area is 184 Å². The van der Waals surface area contributed by atoms with Crippen LogP contribution in [0.2, 0.25) is 0 Å². The number of ether oxygens (including phenoxy) is 1. The van der Waals surface area contributed by atoms with Crippen molar-refractivity contribution < 1.29 is 4.74 Å². The Hall–Kier alpha value is -2.67. The molecule has 3 aromatic rings. The van der Waals surface area contributed by atoms with Gasteiger partial charge in [0, 0.05) is 49.8 Å². The van der Waals surface area contributed by atoms with E-state index >= 15 is 0 Å². The van der Waals surface area contributed by atoms with Crippen LogP contribution in [0.25, 0.3) is 5.65 Å². The topological polar surface area (TPSA) is 67.6 Å². The summed E-state index contributed by atoms with van der Waals surface area (Å²) >= 11 is 0. The van der Waals surface area contributed by atoms with Crippen LogP contribution in [0.5, 0.6) is 0 Å². The molecule has 0 amide bonds. The predicted molar refractivity (Wildman–Crippen MR) is 125 cm³/mol. The fourth-order valence-electron chi connectivity index (χ4n) is 4.26. The summed E-state index contributed by atoms with van der Waals surface area (Å²) in [4.78, 5) is 11.8. The highest BCUT2D eigenvalue weighted by Gasteiger charge is 2.25. The average Bonchev–Trinajstić information content (AvgIpc) is 3.21. The zero-order chi connectivity index (χ0) is 21.6. The minimum absolute atomic E-state index is 0.272. The first-order chi connectivity index (χ1) is 15.2. The summed E-state index contributed by atoms with van der Waals surface area (Å²) in [6, 6.07) is 6.65. The largest absolute Gasteiger partial charge is 0.379 e. The zero-order valence-corrected chi connectivity index (χ0v) is 18.9. The van der Waals surface area contributed by atoms with Crippen LogP contribution in [0, 0.1) is 0 Å². The third-order valence-electron chi connectivity index (χ3n) is 5.93. The first kappa shape index (κ1) is 21.6. The highest BCUT2D eigenvalue weighted by atomic mass is 16.5. The van der Waals surface area contributed by atoms with Crippen molar-refractivity contribution in [3.63, 3.8) is 0 Å². The molecular formula is C24H34N6O. The Morgan fingerprint density at radius 1 is 1.26 bits per heavy atom. The van der Waals surface area contributed by atoms with Crippen molar-refractivity contribution in [1.29, 1.82) is 0 Å². The van der Waals surface area contributed by atoms with Gasteiger partial charge in [0.2, 0.25) is 0 Å². The normalized spacial score (nSPS) is 16.9. The molecule has 0 unspecified atom stereocenters. The Bertz CT molecular complexity index is 971. The molecule has 166 valence electrons. The number of fused-ring (bicyclic) bond motifs is 1. The Balaban J connectivity index is 1.62. The molecule has 0 bridgehead atoms. The van der Waals surface area contributed by atoms with Gasteiger partial charge in [0.25, 0.3) is 0 Å². The van der Waals surface area contributed by atoms with E-state index in [2.05, 4.69) is 53.2 Å². The molecule has 1 aliphatic heterocycles. The lowest BCUT2D eigenvalue weighted by atomic mass is 9.99. The van der Waals surface area contributed by atoms with Crippen LogP contribution in [0.4, 0.5) is 11.6 Å². The molecular weight excluding hydrogens is 388 g/mol. The summed E-state index contributed by atoms with van der Waals surface area (Å²) in [7, 11) is 0. The van der Waals surface area contributed by atoms with Crippen molar-refractivity contribution in [2.75, 3.05) is 23.4 Å². The van der Waals surface area contributed by atoms with Gasteiger partial charge in [0.15, 0.2) is 5.65 Å². The van der Waals surface area contributed by atoms with E-state index in [-0.39, 0.29) is 6.10 Å². The van der Waals surface area contributed by atoms with Crippen LogP contribution >= 0.6 is 0 Å². The molecule has 7 heteroatoms. The van der Waals surface area contributed by atoms with Gasteiger partial charge in [-0.05, 0) is 57.6 Å². The number of hydrogen-bond donors (Lipinski definition) is 1. The maximum Gasteiger partial charge on any atom is 0.162 e. The summed E-state index contributed by atoms with van der Waals surface area (Å²) in [6.07, 6.45) is 11.5. The molecule has 1 atom stereocenters. The van der Waals surface area contributed by atoms with Gasteiger partial charge in [-0.1, -0.05) is 13.0 Å². The quantitative estimate of drug-likeness (QED) is 0.549. The standard InChI is InChI=1S/C24H34N6O/c1-4-20-17-27-30-22(26-16-19-8-7-11-25-15-19)14-23(28-24(20)30)29-12-6-5-9-21(29)10-13-31-18(2)3/h7-8,11,14-15,17-18,21,26H,4-6,9-10,12-13,16H2,1-3H3/t21-/m0/s1. The maximum absolute atomic E-state index is 5.85. The fourth-order valence-corrected chi connectivity index (χ4v) is 4.26. The van der Waals surface area contributed by atoms with Gasteiger partial charge in [-0.3, -0.25) is 4.98 Å². The summed E-state index contributed by atoms with van der Waals surface area (Å²) in [6.45, 7) is 8.87. The smallest absolute Gasteiger partial charge is 0.162 e. The molecule has 4 heterocycles. The van der Waals surface area contributed by atoms with Crippen molar-refractivity contribution in [3.05, 3.63) is 47.9 Å². The number of nitrogens with zero attached hydrogens (tertiary/aromatic N) is 5. The van der Waals surface area contributed by atoms with Crippen LogP contribution in [0.3, 0.4) is 0 Å². The minimum Gasteiger partial charge on any atom is -0.379 e. The van der Waals surface area contributed by atoms with Gasteiger partial charge < -0.3 is 15.0 Å². The highest BCUT2D eigenvalue weighted by molar-refractivity contribution is 5.61. The summed E-state index contributed by atoms with van der Waals surface area (Å²) in [5.74, 6) is 2.00. The SMILES string of the molecule is CCc1cnn2c(NCc3cccnc3)cc(N3CCCC[C@H]3CCOC(C)C)nc12. The zero-order valence-electron chi connectivity index (χ0n) is 18.9. The van der Waals surface area contributed by atoms with Gasteiger partial charge in [-0.2, -0.15) is 9.61 Å². The third-order valence-corrected chi connectivity index (χ3v) is 5.93. The number of aromatic nitrogens is 4. The second kappa shape index (κ2) is 10.1. The molecule has 1 fully saturated rings. The number of hydrogen-bond acceptors (Lipinski definition) is 6. The Morgan fingerprint density at radius 3 is 2.94 bits per heavy atom. The van der Waals surface area contributed by atoms with Crippen molar-refractivity contribution in [2.24, 2.45) is 0 Å². The second-order valence-corrected chi connectivity index (χ2v) is 8.52. The van der Waals surface area contributed by atoms with Crippen LogP contribution in [0.1, 0.15) is 57.6 Å². The van der Waals surface area contributed by atoms with E-state index in [4.69, 9.17) is 9.72 Å². The van der Waals surface area contributed by atoms with Gasteiger partial charge in [0.05, 0.1) is 12.3 Å². The van der Waals surface area contributed by atoms with E-state index in [1.165, 1.54) is 24.8 Å². The predicted octanol–water partition coefficient (Wildman–Crippen LogP) is 4.47. The molecule has 1 aliphatic rings. The minimum atomic E-state index is 0.272. The van der Waals surface area contributed by atoms with Crippen LogP contribution in [-0.4, -0.2) is 44.9 Å². The summed E-state index contributed by atoms with van der Waals surface area (Å²) in [5, 5.41) is 8.18. The summed E-state index contributed by atoms with van der Waals surface area (Å²) in [5.41, 5.74) is 3.25. The molecule has 0 radical (unpaired) electrons. The van der Waals surface area contributed by atoms with Crippen molar-refractivity contribution in [1.82, 2.24) is 19.6 Å². The lowest BCUT2D eigenvalue weighted by Gasteiger charge is -2.37. The van der Waals surface area contributed by atoms with Crippen LogP contribution < -0.4 is 10.2 Å². The van der Waals surface area contributed by atoms with Crippen molar-refractivity contribution >= 4 is 17.3 Å². The fraction of sp³-hybridized carbons (Fsp3) is 0.542. The van der Waals surface area contributed by atoms with Gasteiger partial charge in [0.1, 0.15) is 11.6 Å². The lowest BCUT2D eigenvalue weighted by Crippen LogP contribution is -2.41. The number of pyridine rings is 1. The molecule has 4 rings (SSSR count). The number of anilines is 2. The van der Waals surface area contributed by atoms with E-state index in [9.17, 15) is 0 Å². The van der Waals surface area contributed by atoms with Gasteiger partial charge in [-0.25, -0.2) is 4.98 Å². The van der Waals surface area contributed by atoms with Crippen LogP contribution in [-0.2, 0) is 17.7 Å².